The zero-order valence-corrected chi connectivity index (χ0v) is 14.7. The number of carbonyl (C=O) groups excluding carboxylic acids is 1. The van der Waals surface area contributed by atoms with Crippen molar-refractivity contribution < 1.29 is 14.7 Å². The zero-order valence-electron chi connectivity index (χ0n) is 14.7. The van der Waals surface area contributed by atoms with Crippen molar-refractivity contribution in [3.8, 4) is 0 Å². The summed E-state index contributed by atoms with van der Waals surface area (Å²) < 4.78 is 0. The molecule has 1 heterocycles. The Labute approximate surface area is 143 Å². The third-order valence-corrected chi connectivity index (χ3v) is 4.54. The number of aryl methyl sites for hydroxylation is 1. The molecule has 1 aromatic rings. The van der Waals surface area contributed by atoms with Crippen molar-refractivity contribution in [2.75, 3.05) is 33.7 Å². The lowest BCUT2D eigenvalue weighted by Gasteiger charge is -2.33. The van der Waals surface area contributed by atoms with Gasteiger partial charge in [0.05, 0.1) is 6.54 Å². The molecule has 2 N–H and O–H groups in total. The van der Waals surface area contributed by atoms with Gasteiger partial charge in [-0.2, -0.15) is 0 Å². The number of benzene rings is 1. The van der Waals surface area contributed by atoms with Crippen LogP contribution in [0, 0.1) is 6.92 Å². The monoisotopic (exact) mass is 333 g/mol. The highest BCUT2D eigenvalue weighted by molar-refractivity contribution is 5.83. The normalized spacial score (nSPS) is 17.7. The number of amides is 1. The van der Waals surface area contributed by atoms with Crippen LogP contribution in [-0.4, -0.2) is 66.6 Å². The largest absolute Gasteiger partial charge is 0.480 e. The summed E-state index contributed by atoms with van der Waals surface area (Å²) in [5, 5.41) is 12.0. The van der Waals surface area contributed by atoms with Gasteiger partial charge in [0, 0.05) is 19.1 Å². The molecule has 1 aromatic carbocycles. The number of piperidine rings is 1. The topological polar surface area (TPSA) is 72.9 Å². The van der Waals surface area contributed by atoms with E-state index in [2.05, 4.69) is 5.32 Å². The van der Waals surface area contributed by atoms with E-state index in [4.69, 9.17) is 5.11 Å². The van der Waals surface area contributed by atoms with E-state index in [-0.39, 0.29) is 24.5 Å². The molecule has 1 aliphatic heterocycles. The summed E-state index contributed by atoms with van der Waals surface area (Å²) in [6.45, 7) is 3.50. The fraction of sp³-hybridized carbons (Fsp3) is 0.556. The Hall–Kier alpha value is -1.92. The molecule has 24 heavy (non-hydrogen) atoms. The number of likely N-dealkylation sites (N-methyl/N-ethyl adjacent to an activating group) is 1. The van der Waals surface area contributed by atoms with Crippen molar-refractivity contribution in [3.63, 3.8) is 0 Å². The number of rotatable bonds is 6. The molecule has 0 spiro atoms. The van der Waals surface area contributed by atoms with E-state index in [1.54, 1.807) is 0 Å². The molecular formula is C18H27N3O3. The first kappa shape index (κ1) is 18.4. The van der Waals surface area contributed by atoms with E-state index >= 15 is 0 Å². The van der Waals surface area contributed by atoms with Gasteiger partial charge in [-0.05, 0) is 45.0 Å². The first-order chi connectivity index (χ1) is 11.4. The van der Waals surface area contributed by atoms with Crippen LogP contribution in [0.3, 0.4) is 0 Å². The summed E-state index contributed by atoms with van der Waals surface area (Å²) in [5.74, 6) is -0.796. The summed E-state index contributed by atoms with van der Waals surface area (Å²) in [6, 6.07) is 7.73. The molecule has 0 unspecified atom stereocenters. The van der Waals surface area contributed by atoms with Gasteiger partial charge in [-0.25, -0.2) is 0 Å². The SMILES string of the molecule is Cc1ccccc1[C@@H](C(=O)NC1CCN(CC(=O)O)CC1)N(C)C. The van der Waals surface area contributed by atoms with Gasteiger partial charge in [0.25, 0.3) is 0 Å². The van der Waals surface area contributed by atoms with Gasteiger partial charge in [-0.15, -0.1) is 0 Å². The van der Waals surface area contributed by atoms with Gasteiger partial charge in [-0.1, -0.05) is 24.3 Å². The van der Waals surface area contributed by atoms with E-state index in [0.29, 0.717) is 13.1 Å². The highest BCUT2D eigenvalue weighted by atomic mass is 16.4. The average molecular weight is 333 g/mol. The van der Waals surface area contributed by atoms with Gasteiger partial charge in [0.1, 0.15) is 6.04 Å². The molecule has 132 valence electrons. The van der Waals surface area contributed by atoms with Gasteiger partial charge < -0.3 is 10.4 Å². The lowest BCUT2D eigenvalue weighted by atomic mass is 9.98. The smallest absolute Gasteiger partial charge is 0.317 e. The molecule has 0 aliphatic carbocycles. The lowest BCUT2D eigenvalue weighted by molar-refractivity contribution is -0.138. The number of carbonyl (C=O) groups is 2. The maximum absolute atomic E-state index is 12.8. The summed E-state index contributed by atoms with van der Waals surface area (Å²) in [6.07, 6.45) is 1.57. The molecule has 1 atom stereocenters. The Morgan fingerprint density at radius 2 is 1.92 bits per heavy atom. The molecule has 2 rings (SSSR count). The number of carboxylic acid groups (broad SMARTS) is 1. The molecule has 0 radical (unpaired) electrons. The predicted octanol–water partition coefficient (Wildman–Crippen LogP) is 1.26. The van der Waals surface area contributed by atoms with E-state index in [9.17, 15) is 9.59 Å². The van der Waals surface area contributed by atoms with Crippen molar-refractivity contribution in [2.45, 2.75) is 31.8 Å². The van der Waals surface area contributed by atoms with Crippen molar-refractivity contribution in [1.29, 1.82) is 0 Å². The van der Waals surface area contributed by atoms with E-state index < -0.39 is 5.97 Å². The minimum absolute atomic E-state index is 0.00554. The minimum Gasteiger partial charge on any atom is -0.480 e. The molecule has 0 aromatic heterocycles. The van der Waals surface area contributed by atoms with Gasteiger partial charge in [0.15, 0.2) is 0 Å². The van der Waals surface area contributed by atoms with Crippen LogP contribution < -0.4 is 5.32 Å². The second-order valence-electron chi connectivity index (χ2n) is 6.68. The Balaban J connectivity index is 1.97. The van der Waals surface area contributed by atoms with Crippen LogP contribution >= 0.6 is 0 Å². The van der Waals surface area contributed by atoms with Crippen molar-refractivity contribution in [2.24, 2.45) is 0 Å². The summed E-state index contributed by atoms with van der Waals surface area (Å²) in [7, 11) is 3.82. The number of aliphatic carboxylic acids is 1. The Morgan fingerprint density at radius 3 is 2.46 bits per heavy atom. The van der Waals surface area contributed by atoms with Crippen LogP contribution in [0.1, 0.15) is 30.0 Å². The third kappa shape index (κ3) is 4.79. The van der Waals surface area contributed by atoms with E-state index in [1.165, 1.54) is 0 Å². The molecule has 1 fully saturated rings. The van der Waals surface area contributed by atoms with Crippen LogP contribution in [0.15, 0.2) is 24.3 Å². The van der Waals surface area contributed by atoms with Crippen LogP contribution in [0.2, 0.25) is 0 Å². The second-order valence-corrected chi connectivity index (χ2v) is 6.68. The number of nitrogens with one attached hydrogen (secondary N) is 1. The predicted molar refractivity (Wildman–Crippen MR) is 92.8 cm³/mol. The summed E-state index contributed by atoms with van der Waals surface area (Å²) >= 11 is 0. The van der Waals surface area contributed by atoms with E-state index in [0.717, 1.165) is 24.0 Å². The maximum Gasteiger partial charge on any atom is 0.317 e. The zero-order chi connectivity index (χ0) is 17.7. The maximum atomic E-state index is 12.8. The number of hydrogen-bond donors (Lipinski definition) is 2. The quantitative estimate of drug-likeness (QED) is 0.820. The third-order valence-electron chi connectivity index (χ3n) is 4.54. The number of likely N-dealkylation sites (tertiary alicyclic amines) is 1. The van der Waals surface area contributed by atoms with Crippen molar-refractivity contribution in [3.05, 3.63) is 35.4 Å². The standard InChI is InChI=1S/C18H27N3O3/c1-13-6-4-5-7-15(13)17(20(2)3)18(24)19-14-8-10-21(11-9-14)12-16(22)23/h4-7,14,17H,8-12H2,1-3H3,(H,19,24)(H,22,23)/t17-/m0/s1. The van der Waals surface area contributed by atoms with Crippen molar-refractivity contribution >= 4 is 11.9 Å². The van der Waals surface area contributed by atoms with Gasteiger partial charge >= 0.3 is 5.97 Å². The average Bonchev–Trinajstić information content (AvgIpc) is 2.50. The molecule has 1 amide bonds. The highest BCUT2D eigenvalue weighted by Crippen LogP contribution is 2.23. The number of nitrogens with zero attached hydrogens (tertiary/aromatic N) is 2. The minimum atomic E-state index is -0.801. The fourth-order valence-corrected chi connectivity index (χ4v) is 3.25. The molecule has 0 bridgehead atoms. The Kier molecular flexibility index (Phi) is 6.34. The molecule has 0 saturated carbocycles. The van der Waals surface area contributed by atoms with Crippen LogP contribution in [0.25, 0.3) is 0 Å². The summed E-state index contributed by atoms with van der Waals surface area (Å²) in [4.78, 5) is 27.4. The van der Waals surface area contributed by atoms with Gasteiger partial charge in [-0.3, -0.25) is 19.4 Å². The molecule has 1 saturated heterocycles. The molecule has 1 aliphatic rings. The van der Waals surface area contributed by atoms with Crippen LogP contribution in [0.4, 0.5) is 0 Å². The molecule has 6 nitrogen and oxygen atoms in total. The number of hydrogen-bond acceptors (Lipinski definition) is 4. The first-order valence-electron chi connectivity index (χ1n) is 8.35. The molecule has 6 heteroatoms. The first-order valence-corrected chi connectivity index (χ1v) is 8.35. The fourth-order valence-electron chi connectivity index (χ4n) is 3.25. The van der Waals surface area contributed by atoms with Crippen LogP contribution in [0.5, 0.6) is 0 Å². The van der Waals surface area contributed by atoms with E-state index in [1.807, 2.05) is 55.1 Å². The second kappa shape index (κ2) is 8.26. The highest BCUT2D eigenvalue weighted by Gasteiger charge is 2.28. The van der Waals surface area contributed by atoms with Crippen LogP contribution in [-0.2, 0) is 9.59 Å². The molecular weight excluding hydrogens is 306 g/mol. The lowest BCUT2D eigenvalue weighted by Crippen LogP contribution is -2.48. The Bertz CT molecular complexity index is 581. The van der Waals surface area contributed by atoms with Gasteiger partial charge in [0.2, 0.25) is 5.91 Å². The summed E-state index contributed by atoms with van der Waals surface area (Å²) in [5.41, 5.74) is 2.12. The number of carboxylic acids is 1. The van der Waals surface area contributed by atoms with Crippen molar-refractivity contribution in [1.82, 2.24) is 15.1 Å². The Morgan fingerprint density at radius 1 is 1.29 bits per heavy atom.